The molecule has 0 unspecified atom stereocenters. The fourth-order valence-electron chi connectivity index (χ4n) is 1.17. The van der Waals surface area contributed by atoms with E-state index in [-0.39, 0.29) is 18.3 Å². The van der Waals surface area contributed by atoms with Crippen LogP contribution in [0.15, 0.2) is 24.5 Å². The Labute approximate surface area is 102 Å². The molecule has 1 amide bonds. The van der Waals surface area contributed by atoms with Gasteiger partial charge in [-0.05, 0) is 17.5 Å². The number of aromatic nitrogens is 1. The second-order valence-corrected chi connectivity index (χ2v) is 3.86. The first-order valence-electron chi connectivity index (χ1n) is 5.09. The van der Waals surface area contributed by atoms with Crippen LogP contribution in [0.2, 0.25) is 0 Å². The van der Waals surface area contributed by atoms with Crippen molar-refractivity contribution in [3.05, 3.63) is 30.1 Å². The molecule has 4 nitrogen and oxygen atoms in total. The molecule has 0 aliphatic carbocycles. The van der Waals surface area contributed by atoms with Gasteiger partial charge in [-0.1, -0.05) is 19.9 Å². The summed E-state index contributed by atoms with van der Waals surface area (Å²) in [5.41, 5.74) is 6.56. The summed E-state index contributed by atoms with van der Waals surface area (Å²) >= 11 is 0. The zero-order valence-electron chi connectivity index (χ0n) is 9.56. The van der Waals surface area contributed by atoms with E-state index in [1.54, 1.807) is 12.4 Å². The number of nitrogens with zero attached hydrogens (tertiary/aromatic N) is 1. The predicted molar refractivity (Wildman–Crippen MR) is 65.9 cm³/mol. The Hall–Kier alpha value is -1.13. The summed E-state index contributed by atoms with van der Waals surface area (Å²) in [6, 6.07) is 3.82. The number of pyridine rings is 1. The normalized spacial score (nSPS) is 9.69. The van der Waals surface area contributed by atoms with Crippen LogP contribution in [-0.2, 0) is 11.3 Å². The van der Waals surface area contributed by atoms with Crippen molar-refractivity contribution in [1.82, 2.24) is 15.8 Å². The van der Waals surface area contributed by atoms with Gasteiger partial charge in [-0.3, -0.25) is 15.2 Å². The molecule has 0 aliphatic heterocycles. The van der Waals surface area contributed by atoms with E-state index in [9.17, 15) is 4.79 Å². The molecular formula is C11H18ClN3O. The maximum absolute atomic E-state index is 11.3. The smallest absolute Gasteiger partial charge is 0.234 e. The maximum Gasteiger partial charge on any atom is 0.234 e. The highest BCUT2D eigenvalue weighted by atomic mass is 35.5. The summed E-state index contributed by atoms with van der Waals surface area (Å²) in [5.74, 6) is 0.402. The first kappa shape index (κ1) is 14.9. The van der Waals surface area contributed by atoms with Crippen molar-refractivity contribution in [3.63, 3.8) is 0 Å². The highest BCUT2D eigenvalue weighted by Gasteiger charge is 2.02. The van der Waals surface area contributed by atoms with Crippen molar-refractivity contribution in [2.45, 2.75) is 26.8 Å². The number of hydrogen-bond acceptors (Lipinski definition) is 3. The Balaban J connectivity index is 0.00000225. The van der Waals surface area contributed by atoms with Crippen LogP contribution in [0.4, 0.5) is 0 Å². The summed E-state index contributed by atoms with van der Waals surface area (Å²) in [4.78, 5) is 15.2. The van der Waals surface area contributed by atoms with Crippen LogP contribution in [-0.4, -0.2) is 10.9 Å². The molecule has 16 heavy (non-hydrogen) atoms. The average molecular weight is 244 g/mol. The zero-order valence-corrected chi connectivity index (χ0v) is 10.4. The largest absolute Gasteiger partial charge is 0.291 e. The van der Waals surface area contributed by atoms with Gasteiger partial charge in [-0.15, -0.1) is 12.4 Å². The van der Waals surface area contributed by atoms with Crippen LogP contribution in [0, 0.1) is 5.92 Å². The van der Waals surface area contributed by atoms with Crippen molar-refractivity contribution in [2.24, 2.45) is 5.92 Å². The van der Waals surface area contributed by atoms with Crippen molar-refractivity contribution < 1.29 is 4.79 Å². The Morgan fingerprint density at radius 1 is 1.50 bits per heavy atom. The van der Waals surface area contributed by atoms with E-state index in [0.717, 1.165) is 5.56 Å². The number of hydrogen-bond donors (Lipinski definition) is 2. The van der Waals surface area contributed by atoms with E-state index >= 15 is 0 Å². The number of amides is 1. The summed E-state index contributed by atoms with van der Waals surface area (Å²) in [6.45, 7) is 4.62. The number of halogens is 1. The van der Waals surface area contributed by atoms with Gasteiger partial charge in [0.1, 0.15) is 0 Å². The molecule has 0 fully saturated rings. The Kier molecular flexibility index (Phi) is 7.50. The molecule has 0 spiro atoms. The molecule has 0 atom stereocenters. The predicted octanol–water partition coefficient (Wildman–Crippen LogP) is 1.67. The minimum Gasteiger partial charge on any atom is -0.291 e. The number of carbonyl (C=O) groups is 1. The van der Waals surface area contributed by atoms with Crippen LogP contribution >= 0.6 is 12.4 Å². The second kappa shape index (κ2) is 8.07. The molecule has 90 valence electrons. The summed E-state index contributed by atoms with van der Waals surface area (Å²) in [6.07, 6.45) is 4.03. The van der Waals surface area contributed by atoms with Gasteiger partial charge in [0.25, 0.3) is 0 Å². The molecule has 5 heteroatoms. The van der Waals surface area contributed by atoms with Crippen LogP contribution in [0.3, 0.4) is 0 Å². The molecule has 0 aliphatic rings. The average Bonchev–Trinajstić information content (AvgIpc) is 2.18. The molecule has 0 bridgehead atoms. The fraction of sp³-hybridized carbons (Fsp3) is 0.455. The molecule has 1 heterocycles. The maximum atomic E-state index is 11.3. The van der Waals surface area contributed by atoms with Gasteiger partial charge in [0.05, 0.1) is 0 Å². The topological polar surface area (TPSA) is 54.0 Å². The Morgan fingerprint density at radius 3 is 2.81 bits per heavy atom. The van der Waals surface area contributed by atoms with E-state index in [2.05, 4.69) is 15.8 Å². The summed E-state index contributed by atoms with van der Waals surface area (Å²) in [5, 5.41) is 0. The fourth-order valence-corrected chi connectivity index (χ4v) is 1.17. The number of nitrogens with one attached hydrogen (secondary N) is 2. The lowest BCUT2D eigenvalue weighted by atomic mass is 10.1. The number of rotatable bonds is 5. The molecular weight excluding hydrogens is 226 g/mol. The van der Waals surface area contributed by atoms with Gasteiger partial charge in [-0.25, -0.2) is 5.43 Å². The second-order valence-electron chi connectivity index (χ2n) is 3.86. The van der Waals surface area contributed by atoms with Gasteiger partial charge in [0.2, 0.25) is 5.91 Å². The Bertz CT molecular complexity index is 303. The van der Waals surface area contributed by atoms with Crippen molar-refractivity contribution >= 4 is 18.3 Å². The van der Waals surface area contributed by atoms with Crippen molar-refractivity contribution in [1.29, 1.82) is 0 Å². The first-order valence-corrected chi connectivity index (χ1v) is 5.09. The minimum atomic E-state index is 0. The molecule has 0 saturated carbocycles. The highest BCUT2D eigenvalue weighted by Crippen LogP contribution is 1.97. The molecule has 0 radical (unpaired) electrons. The van der Waals surface area contributed by atoms with Crippen molar-refractivity contribution in [2.75, 3.05) is 0 Å². The van der Waals surface area contributed by atoms with Crippen LogP contribution < -0.4 is 10.9 Å². The third-order valence-corrected chi connectivity index (χ3v) is 1.84. The molecule has 0 saturated heterocycles. The summed E-state index contributed by atoms with van der Waals surface area (Å²) < 4.78 is 0. The van der Waals surface area contributed by atoms with Gasteiger partial charge in [0, 0.05) is 25.4 Å². The molecule has 1 aromatic rings. The molecule has 0 aromatic carbocycles. The third kappa shape index (κ3) is 6.37. The van der Waals surface area contributed by atoms with E-state index in [1.165, 1.54) is 0 Å². The lowest BCUT2D eigenvalue weighted by molar-refractivity contribution is -0.122. The third-order valence-electron chi connectivity index (χ3n) is 1.84. The highest BCUT2D eigenvalue weighted by molar-refractivity contribution is 5.85. The van der Waals surface area contributed by atoms with Crippen LogP contribution in [0.1, 0.15) is 25.8 Å². The quantitative estimate of drug-likeness (QED) is 0.774. The van der Waals surface area contributed by atoms with Gasteiger partial charge >= 0.3 is 0 Å². The monoisotopic (exact) mass is 243 g/mol. The standard InChI is InChI=1S/C11H17N3O.ClH/c1-9(2)6-11(15)14-13-8-10-4-3-5-12-7-10;/h3-5,7,9,13H,6,8H2,1-2H3,(H,14,15);1H. The van der Waals surface area contributed by atoms with E-state index in [1.807, 2.05) is 26.0 Å². The van der Waals surface area contributed by atoms with Crippen LogP contribution in [0.25, 0.3) is 0 Å². The molecule has 2 N–H and O–H groups in total. The SMILES string of the molecule is CC(C)CC(=O)NNCc1cccnc1.Cl. The number of hydrazine groups is 1. The first-order chi connectivity index (χ1) is 7.18. The number of carbonyl (C=O) groups excluding carboxylic acids is 1. The van der Waals surface area contributed by atoms with E-state index in [0.29, 0.717) is 18.9 Å². The van der Waals surface area contributed by atoms with E-state index < -0.39 is 0 Å². The minimum absolute atomic E-state index is 0. The molecule has 1 rings (SSSR count). The van der Waals surface area contributed by atoms with Gasteiger partial charge in [0.15, 0.2) is 0 Å². The lowest BCUT2D eigenvalue weighted by Gasteiger charge is -2.08. The van der Waals surface area contributed by atoms with Crippen LogP contribution in [0.5, 0.6) is 0 Å². The van der Waals surface area contributed by atoms with E-state index in [4.69, 9.17) is 0 Å². The zero-order chi connectivity index (χ0) is 11.1. The van der Waals surface area contributed by atoms with Crippen molar-refractivity contribution in [3.8, 4) is 0 Å². The lowest BCUT2D eigenvalue weighted by Crippen LogP contribution is -2.37. The summed E-state index contributed by atoms with van der Waals surface area (Å²) in [7, 11) is 0. The van der Waals surface area contributed by atoms with Gasteiger partial charge < -0.3 is 0 Å². The Morgan fingerprint density at radius 2 is 2.25 bits per heavy atom. The molecule has 1 aromatic heterocycles. The van der Waals surface area contributed by atoms with Gasteiger partial charge in [-0.2, -0.15) is 0 Å².